The molecular formula is C21H11BrCl2N2O3S. The van der Waals surface area contributed by atoms with Gasteiger partial charge in [0.05, 0.1) is 15.7 Å². The summed E-state index contributed by atoms with van der Waals surface area (Å²) in [6, 6.07) is 15.8. The molecule has 0 bridgehead atoms. The summed E-state index contributed by atoms with van der Waals surface area (Å²) in [6.07, 6.45) is 1.37. The van der Waals surface area contributed by atoms with E-state index in [0.29, 0.717) is 11.5 Å². The van der Waals surface area contributed by atoms with Crippen molar-refractivity contribution in [2.45, 2.75) is 0 Å². The van der Waals surface area contributed by atoms with Crippen LogP contribution in [0.3, 0.4) is 0 Å². The Balaban J connectivity index is 1.71. The summed E-state index contributed by atoms with van der Waals surface area (Å²) in [4.78, 5) is 26.7. The van der Waals surface area contributed by atoms with Gasteiger partial charge in [-0.15, -0.1) is 0 Å². The van der Waals surface area contributed by atoms with E-state index in [4.69, 9.17) is 39.8 Å². The molecule has 3 aromatic rings. The minimum absolute atomic E-state index is 0.0828. The zero-order chi connectivity index (χ0) is 21.4. The number of thiocarbonyl (C=S) groups is 1. The van der Waals surface area contributed by atoms with Gasteiger partial charge in [0.2, 0.25) is 0 Å². The Bertz CT molecular complexity index is 1240. The molecule has 0 spiro atoms. The molecule has 2 aromatic carbocycles. The number of hydrogen-bond donors (Lipinski definition) is 1. The van der Waals surface area contributed by atoms with Crippen molar-refractivity contribution < 1.29 is 14.0 Å². The van der Waals surface area contributed by atoms with Crippen LogP contribution in [0.4, 0.5) is 5.69 Å². The lowest BCUT2D eigenvalue weighted by Crippen LogP contribution is -2.54. The Labute approximate surface area is 195 Å². The van der Waals surface area contributed by atoms with Crippen LogP contribution in [-0.2, 0) is 9.59 Å². The number of carbonyl (C=O) groups excluding carboxylic acids is 2. The second kappa shape index (κ2) is 8.35. The predicted molar refractivity (Wildman–Crippen MR) is 125 cm³/mol. The average Bonchev–Trinajstić information content (AvgIpc) is 3.17. The van der Waals surface area contributed by atoms with Crippen molar-refractivity contribution in [1.29, 1.82) is 0 Å². The molecule has 2 amide bonds. The lowest BCUT2D eigenvalue weighted by atomic mass is 10.1. The number of benzene rings is 2. The summed E-state index contributed by atoms with van der Waals surface area (Å²) in [5.74, 6) is -0.321. The molecule has 0 aliphatic carbocycles. The van der Waals surface area contributed by atoms with E-state index in [1.54, 1.807) is 30.3 Å². The number of anilines is 1. The molecule has 150 valence electrons. The van der Waals surface area contributed by atoms with Crippen molar-refractivity contribution in [3.05, 3.63) is 80.4 Å². The first-order valence-corrected chi connectivity index (χ1v) is 10.5. The molecule has 0 saturated carbocycles. The molecule has 1 aliphatic rings. The van der Waals surface area contributed by atoms with Gasteiger partial charge in [-0.2, -0.15) is 0 Å². The molecule has 9 heteroatoms. The van der Waals surface area contributed by atoms with Crippen LogP contribution >= 0.6 is 51.3 Å². The van der Waals surface area contributed by atoms with Gasteiger partial charge in [0.1, 0.15) is 17.1 Å². The highest BCUT2D eigenvalue weighted by atomic mass is 79.9. The fourth-order valence-corrected chi connectivity index (χ4v) is 3.96. The third kappa shape index (κ3) is 3.94. The van der Waals surface area contributed by atoms with Crippen molar-refractivity contribution in [2.24, 2.45) is 0 Å². The van der Waals surface area contributed by atoms with Gasteiger partial charge < -0.3 is 4.42 Å². The molecule has 5 nitrogen and oxygen atoms in total. The Morgan fingerprint density at radius 3 is 2.60 bits per heavy atom. The molecule has 4 rings (SSSR count). The molecule has 0 radical (unpaired) electrons. The number of rotatable bonds is 3. The van der Waals surface area contributed by atoms with Gasteiger partial charge in [-0.25, -0.2) is 0 Å². The first kappa shape index (κ1) is 20.8. The molecule has 1 aliphatic heterocycles. The summed E-state index contributed by atoms with van der Waals surface area (Å²) < 4.78 is 6.71. The van der Waals surface area contributed by atoms with E-state index in [2.05, 4.69) is 21.2 Å². The molecule has 1 fully saturated rings. The number of nitrogens with one attached hydrogen (secondary N) is 1. The van der Waals surface area contributed by atoms with Crippen molar-refractivity contribution in [1.82, 2.24) is 5.32 Å². The van der Waals surface area contributed by atoms with E-state index in [1.807, 2.05) is 24.3 Å². The Kier molecular flexibility index (Phi) is 5.79. The lowest BCUT2D eigenvalue weighted by Gasteiger charge is -2.29. The van der Waals surface area contributed by atoms with Crippen molar-refractivity contribution >= 4 is 80.0 Å². The highest BCUT2D eigenvalue weighted by Gasteiger charge is 2.36. The van der Waals surface area contributed by atoms with Crippen molar-refractivity contribution in [3.63, 3.8) is 0 Å². The smallest absolute Gasteiger partial charge is 0.270 e. The topological polar surface area (TPSA) is 62.6 Å². The third-order valence-corrected chi connectivity index (χ3v) is 5.88. The minimum Gasteiger partial charge on any atom is -0.457 e. The van der Waals surface area contributed by atoms with E-state index in [1.165, 1.54) is 6.08 Å². The molecular weight excluding hydrogens is 511 g/mol. The fourth-order valence-electron chi connectivity index (χ4n) is 2.91. The Hall–Kier alpha value is -2.45. The second-order valence-corrected chi connectivity index (χ2v) is 8.33. The van der Waals surface area contributed by atoms with E-state index in [0.717, 1.165) is 14.9 Å². The number of halogens is 3. The van der Waals surface area contributed by atoms with Crippen LogP contribution in [0.2, 0.25) is 10.0 Å². The minimum atomic E-state index is -0.631. The SMILES string of the molecule is O=C1NC(=S)N(c2cccc(Cl)c2Cl)C(=O)/C1=C/c1ccc(-c2cccc(Br)c2)o1. The van der Waals surface area contributed by atoms with Crippen LogP contribution in [-0.4, -0.2) is 16.9 Å². The maximum atomic E-state index is 13.1. The second-order valence-electron chi connectivity index (χ2n) is 6.24. The summed E-state index contributed by atoms with van der Waals surface area (Å²) in [6.45, 7) is 0. The molecule has 0 unspecified atom stereocenters. The zero-order valence-electron chi connectivity index (χ0n) is 15.0. The average molecular weight is 522 g/mol. The van der Waals surface area contributed by atoms with Crippen LogP contribution in [0.15, 0.2) is 69.1 Å². The van der Waals surface area contributed by atoms with E-state index in [9.17, 15) is 9.59 Å². The molecule has 1 saturated heterocycles. The van der Waals surface area contributed by atoms with Crippen LogP contribution in [0.25, 0.3) is 17.4 Å². The number of amides is 2. The highest BCUT2D eigenvalue weighted by molar-refractivity contribution is 9.10. The van der Waals surface area contributed by atoms with Gasteiger partial charge in [0.15, 0.2) is 5.11 Å². The molecule has 2 heterocycles. The number of carbonyl (C=O) groups is 2. The summed E-state index contributed by atoms with van der Waals surface area (Å²) in [5.41, 5.74) is 0.982. The lowest BCUT2D eigenvalue weighted by molar-refractivity contribution is -0.122. The largest absolute Gasteiger partial charge is 0.457 e. The van der Waals surface area contributed by atoms with E-state index < -0.39 is 11.8 Å². The number of furan rings is 1. The molecule has 0 atom stereocenters. The quantitative estimate of drug-likeness (QED) is 0.267. The van der Waals surface area contributed by atoms with Crippen molar-refractivity contribution in [2.75, 3.05) is 4.90 Å². The van der Waals surface area contributed by atoms with Gasteiger partial charge in [0, 0.05) is 10.0 Å². The fraction of sp³-hybridized carbons (Fsp3) is 0. The van der Waals surface area contributed by atoms with Crippen LogP contribution in [0.5, 0.6) is 0 Å². The van der Waals surface area contributed by atoms with Gasteiger partial charge in [-0.1, -0.05) is 57.3 Å². The summed E-state index contributed by atoms with van der Waals surface area (Å²) in [7, 11) is 0. The molecule has 30 heavy (non-hydrogen) atoms. The maximum Gasteiger partial charge on any atom is 0.270 e. The van der Waals surface area contributed by atoms with E-state index in [-0.39, 0.29) is 26.4 Å². The Morgan fingerprint density at radius 2 is 1.83 bits per heavy atom. The van der Waals surface area contributed by atoms with Crippen molar-refractivity contribution in [3.8, 4) is 11.3 Å². The highest BCUT2D eigenvalue weighted by Crippen LogP contribution is 2.34. The molecule has 1 aromatic heterocycles. The first-order valence-electron chi connectivity index (χ1n) is 8.56. The summed E-state index contributed by atoms with van der Waals surface area (Å²) >= 11 is 20.9. The standard InChI is InChI=1S/C21H11BrCl2N2O3S/c22-12-4-1-3-11(9-12)17-8-7-13(29-17)10-14-19(27)25-21(30)26(20(14)28)16-6-2-5-15(23)18(16)24/h1-10H,(H,25,27,30)/b14-10+. The van der Waals surface area contributed by atoms with Gasteiger partial charge >= 0.3 is 0 Å². The maximum absolute atomic E-state index is 13.1. The van der Waals surface area contributed by atoms with Crippen LogP contribution in [0, 0.1) is 0 Å². The van der Waals surface area contributed by atoms with E-state index >= 15 is 0 Å². The first-order chi connectivity index (χ1) is 14.3. The number of nitrogens with zero attached hydrogens (tertiary/aromatic N) is 1. The number of hydrogen-bond acceptors (Lipinski definition) is 4. The zero-order valence-corrected chi connectivity index (χ0v) is 18.9. The van der Waals surface area contributed by atoms with Gasteiger partial charge in [0.25, 0.3) is 11.8 Å². The monoisotopic (exact) mass is 520 g/mol. The van der Waals surface area contributed by atoms with Crippen LogP contribution < -0.4 is 10.2 Å². The normalized spacial score (nSPS) is 15.6. The van der Waals surface area contributed by atoms with Crippen LogP contribution in [0.1, 0.15) is 5.76 Å². The van der Waals surface area contributed by atoms with Gasteiger partial charge in [-0.05, 0) is 54.7 Å². The third-order valence-electron chi connectivity index (χ3n) is 4.30. The molecule has 1 N–H and O–H groups in total. The summed E-state index contributed by atoms with van der Waals surface area (Å²) in [5, 5.41) is 2.83. The van der Waals surface area contributed by atoms with Gasteiger partial charge in [-0.3, -0.25) is 19.8 Å². The Morgan fingerprint density at radius 1 is 1.07 bits per heavy atom. The predicted octanol–water partition coefficient (Wildman–Crippen LogP) is 5.85.